The monoisotopic (exact) mass is 389 g/mol. The molecule has 0 aliphatic rings. The summed E-state index contributed by atoms with van der Waals surface area (Å²) < 4.78 is 0. The van der Waals surface area contributed by atoms with Crippen molar-refractivity contribution in [3.8, 4) is 0 Å². The number of hydrogen-bond donors (Lipinski definition) is 0. The predicted octanol–water partition coefficient (Wildman–Crippen LogP) is 10.8. The molecule has 0 saturated carbocycles. The van der Waals surface area contributed by atoms with Gasteiger partial charge in [-0.25, -0.2) is 6.57 Å². The summed E-state index contributed by atoms with van der Waals surface area (Å²) in [7, 11) is 5.53. The van der Waals surface area contributed by atoms with Crippen LogP contribution in [-0.2, 0) is 0 Å². The van der Waals surface area contributed by atoms with Gasteiger partial charge in [0.15, 0.2) is 0 Å². The maximum atomic E-state index is 5.83. The molecule has 0 aliphatic heterocycles. The molecule has 0 N–H and O–H groups in total. The van der Waals surface area contributed by atoms with Gasteiger partial charge in [0.2, 0.25) is 7.05 Å². The smallest absolute Gasteiger partial charge is 0.205 e. The van der Waals surface area contributed by atoms with E-state index in [-0.39, 0.29) is 29.7 Å². The minimum absolute atomic E-state index is 0. The van der Waals surface area contributed by atoms with Crippen LogP contribution in [0.3, 0.4) is 0 Å². The molecule has 0 aromatic rings. The quantitative estimate of drug-likeness (QED) is 0.405. The Hall–Kier alpha value is -0.550. The van der Waals surface area contributed by atoms with E-state index in [9.17, 15) is 0 Å². The molecule has 0 aliphatic carbocycles. The molecule has 0 aromatic carbocycles. The van der Waals surface area contributed by atoms with Crippen LogP contribution in [0.1, 0.15) is 134 Å². The zero-order valence-electron chi connectivity index (χ0n) is 20.1. The highest BCUT2D eigenvalue weighted by atomic mass is 15.0. The molecule has 0 bridgehead atoms. The molecule has 0 radical (unpaired) electrons. The van der Waals surface area contributed by atoms with Gasteiger partial charge in [-0.05, 0) is 20.6 Å². The van der Waals surface area contributed by atoms with Gasteiger partial charge in [0.25, 0.3) is 0 Å². The van der Waals surface area contributed by atoms with Crippen LogP contribution >= 0.6 is 0 Å². The van der Waals surface area contributed by atoms with Gasteiger partial charge in [-0.15, -0.1) is 0 Å². The molecule has 0 heterocycles. The van der Waals surface area contributed by atoms with E-state index in [1.807, 2.05) is 96.9 Å². The summed E-state index contributed by atoms with van der Waals surface area (Å²) in [5, 5.41) is 0. The van der Waals surface area contributed by atoms with Crippen molar-refractivity contribution >= 4 is 0 Å². The molecule has 178 valence electrons. The van der Waals surface area contributed by atoms with Crippen LogP contribution in [0.2, 0.25) is 0 Å². The first-order valence-electron chi connectivity index (χ1n) is 9.59. The van der Waals surface area contributed by atoms with Gasteiger partial charge in [-0.3, -0.25) is 0 Å². The largest absolute Gasteiger partial charge is 0.320 e. The third-order valence-electron chi connectivity index (χ3n) is 0.632. The van der Waals surface area contributed by atoms with E-state index >= 15 is 0 Å². The van der Waals surface area contributed by atoms with Crippen molar-refractivity contribution in [3.63, 3.8) is 0 Å². The molecular formula is C24H72N2. The Bertz CT molecular complexity index is 65.1. The SMILES string of the molecule is C.C.C.C.CC.CC.CC.CC.CC.CC.CC.CCN(C)C.[C-]#[N+]C. The average Bonchev–Trinajstić information content (AvgIpc) is 2.67. The molecule has 2 nitrogen and oxygen atoms in total. The normalized spacial score (nSPS) is 3.77. The van der Waals surface area contributed by atoms with Crippen molar-refractivity contribution in [2.24, 2.45) is 0 Å². The van der Waals surface area contributed by atoms with Gasteiger partial charge in [0, 0.05) is 0 Å². The van der Waals surface area contributed by atoms with Gasteiger partial charge in [-0.1, -0.05) is 134 Å². The van der Waals surface area contributed by atoms with Crippen LogP contribution in [-0.4, -0.2) is 32.6 Å². The third kappa shape index (κ3) is 5620. The lowest BCUT2D eigenvalue weighted by Crippen LogP contribution is -2.08. The van der Waals surface area contributed by atoms with Crippen molar-refractivity contribution in [3.05, 3.63) is 11.4 Å². The predicted molar refractivity (Wildman–Crippen MR) is 143 cm³/mol. The van der Waals surface area contributed by atoms with Gasteiger partial charge in [-0.2, -0.15) is 0 Å². The highest BCUT2D eigenvalue weighted by Crippen LogP contribution is 1.63. The maximum absolute atomic E-state index is 5.83. The lowest BCUT2D eigenvalue weighted by Gasteiger charge is -2.00. The highest BCUT2D eigenvalue weighted by Gasteiger charge is 1.72. The average molecular weight is 389 g/mol. The summed E-state index contributed by atoms with van der Waals surface area (Å²) in [6.07, 6.45) is 0. The highest BCUT2D eigenvalue weighted by molar-refractivity contribution is 4.31. The first kappa shape index (κ1) is 98.2. The van der Waals surface area contributed by atoms with Crippen LogP contribution in [0.15, 0.2) is 0 Å². The molecule has 0 rings (SSSR count). The van der Waals surface area contributed by atoms with Gasteiger partial charge < -0.3 is 9.74 Å². The number of rotatable bonds is 1. The van der Waals surface area contributed by atoms with Crippen molar-refractivity contribution < 1.29 is 0 Å². The molecule has 0 unspecified atom stereocenters. The van der Waals surface area contributed by atoms with Crippen LogP contribution in [0.4, 0.5) is 0 Å². The van der Waals surface area contributed by atoms with E-state index in [0.29, 0.717) is 0 Å². The minimum atomic E-state index is 0. The Morgan fingerprint density at radius 1 is 0.538 bits per heavy atom. The van der Waals surface area contributed by atoms with Gasteiger partial charge in [0.1, 0.15) is 0 Å². The second-order valence-corrected chi connectivity index (χ2v) is 1.62. The first-order chi connectivity index (χ1) is 10.7. The van der Waals surface area contributed by atoms with Crippen LogP contribution < -0.4 is 0 Å². The van der Waals surface area contributed by atoms with E-state index in [0.717, 1.165) is 6.54 Å². The second kappa shape index (κ2) is 679. The molecule has 2 heteroatoms. The third-order valence-corrected chi connectivity index (χ3v) is 0.632. The standard InChI is InChI=1S/C4H11N.C2H3N.7C2H6.4CH4/c1-4-5(2)3;1-3-2;7*1-2;;;;/h4H2,1-3H3;1H3;7*1-2H3;4*1H4. The summed E-state index contributed by atoms with van der Waals surface area (Å²) in [5.74, 6) is 0. The topological polar surface area (TPSA) is 7.60 Å². The van der Waals surface area contributed by atoms with E-state index in [4.69, 9.17) is 6.57 Å². The molecule has 0 fully saturated rings. The van der Waals surface area contributed by atoms with Gasteiger partial charge >= 0.3 is 0 Å². The second-order valence-electron chi connectivity index (χ2n) is 1.62. The fourth-order valence-electron chi connectivity index (χ4n) is 0. The Kier molecular flexibility index (Phi) is 2560. The van der Waals surface area contributed by atoms with E-state index < -0.39 is 0 Å². The van der Waals surface area contributed by atoms with Crippen LogP contribution in [0, 0.1) is 6.57 Å². The van der Waals surface area contributed by atoms with E-state index in [2.05, 4.69) is 30.8 Å². The van der Waals surface area contributed by atoms with Crippen molar-refractivity contribution in [2.45, 2.75) is 134 Å². The summed E-state index contributed by atoms with van der Waals surface area (Å²) in [5.41, 5.74) is 0. The van der Waals surface area contributed by atoms with Gasteiger partial charge in [0.05, 0.1) is 0 Å². The Morgan fingerprint density at radius 3 is 0.577 bits per heavy atom. The summed E-state index contributed by atoms with van der Waals surface area (Å²) in [6, 6.07) is 0. The summed E-state index contributed by atoms with van der Waals surface area (Å²) in [4.78, 5) is 4.88. The van der Waals surface area contributed by atoms with Crippen LogP contribution in [0.5, 0.6) is 0 Å². The molecule has 0 spiro atoms. The Balaban J connectivity index is -0.00000000673. The zero-order chi connectivity index (χ0) is 21.0. The zero-order valence-corrected chi connectivity index (χ0v) is 20.1. The molecular weight excluding hydrogens is 316 g/mol. The fourth-order valence-corrected chi connectivity index (χ4v) is 0. The fraction of sp³-hybridized carbons (Fsp3) is 0.958. The van der Waals surface area contributed by atoms with E-state index in [1.54, 1.807) is 0 Å². The lowest BCUT2D eigenvalue weighted by atomic mass is 10.7. The van der Waals surface area contributed by atoms with Crippen LogP contribution in [0.25, 0.3) is 4.85 Å². The molecule has 0 amide bonds. The molecule has 0 saturated heterocycles. The van der Waals surface area contributed by atoms with E-state index in [1.165, 1.54) is 7.05 Å². The minimum Gasteiger partial charge on any atom is -0.320 e. The number of hydrogen-bond acceptors (Lipinski definition) is 1. The lowest BCUT2D eigenvalue weighted by molar-refractivity contribution is 0.434. The first-order valence-corrected chi connectivity index (χ1v) is 9.59. The molecule has 0 aromatic heterocycles. The Labute approximate surface area is 178 Å². The molecule has 26 heavy (non-hydrogen) atoms. The van der Waals surface area contributed by atoms with Crippen molar-refractivity contribution in [1.82, 2.24) is 4.90 Å². The van der Waals surface area contributed by atoms with Crippen molar-refractivity contribution in [2.75, 3.05) is 27.7 Å². The maximum Gasteiger partial charge on any atom is 0.205 e. The molecule has 0 atom stereocenters. The Morgan fingerprint density at radius 2 is 0.577 bits per heavy atom. The van der Waals surface area contributed by atoms with Crippen molar-refractivity contribution in [1.29, 1.82) is 0 Å². The summed E-state index contributed by atoms with van der Waals surface area (Å²) in [6.45, 7) is 37.1. The number of nitrogens with zero attached hydrogens (tertiary/aromatic N) is 2. The summed E-state index contributed by atoms with van der Waals surface area (Å²) >= 11 is 0.